The first-order valence-corrected chi connectivity index (χ1v) is 9.56. The third-order valence-corrected chi connectivity index (χ3v) is 4.81. The van der Waals surface area contributed by atoms with Crippen LogP contribution in [0.4, 0.5) is 5.69 Å². The summed E-state index contributed by atoms with van der Waals surface area (Å²) in [5.74, 6) is 0.386. The smallest absolute Gasteiger partial charge is 0.310 e. The number of anilines is 1. The number of hydrogen-bond donors (Lipinski definition) is 0. The van der Waals surface area contributed by atoms with E-state index >= 15 is 0 Å². The van der Waals surface area contributed by atoms with Gasteiger partial charge in [-0.1, -0.05) is 31.2 Å². The van der Waals surface area contributed by atoms with Crippen molar-refractivity contribution >= 4 is 11.7 Å². The molecule has 0 spiro atoms. The average molecular weight is 367 g/mol. The second kappa shape index (κ2) is 8.11. The highest BCUT2D eigenvalue weighted by Gasteiger charge is 2.30. The largest absolute Gasteiger partial charge is 0.427 e. The molecule has 2 saturated heterocycles. The van der Waals surface area contributed by atoms with E-state index in [4.69, 9.17) is 14.2 Å². The second-order valence-corrected chi connectivity index (χ2v) is 7.13. The Bertz CT molecular complexity index is 750. The van der Waals surface area contributed by atoms with Gasteiger partial charge in [-0.25, -0.2) is 0 Å². The molecule has 0 bridgehead atoms. The summed E-state index contributed by atoms with van der Waals surface area (Å²) in [4.78, 5) is 13.7. The Labute approximate surface area is 159 Å². The van der Waals surface area contributed by atoms with Crippen LogP contribution in [0.5, 0.6) is 5.75 Å². The molecule has 5 nitrogen and oxygen atoms in total. The number of ether oxygens (including phenoxy) is 3. The molecule has 0 radical (unpaired) electrons. The van der Waals surface area contributed by atoms with Crippen molar-refractivity contribution in [1.29, 1.82) is 0 Å². The van der Waals surface area contributed by atoms with Crippen molar-refractivity contribution in [2.24, 2.45) is 0 Å². The molecule has 0 N–H and O–H groups in total. The van der Waals surface area contributed by atoms with Gasteiger partial charge >= 0.3 is 5.97 Å². The van der Waals surface area contributed by atoms with Gasteiger partial charge in [-0.05, 0) is 41.8 Å². The third kappa shape index (κ3) is 5.31. The Morgan fingerprint density at radius 3 is 1.96 bits per heavy atom. The highest BCUT2D eigenvalue weighted by molar-refractivity contribution is 5.71. The summed E-state index contributed by atoms with van der Waals surface area (Å²) in [5.41, 5.74) is 3.66. The van der Waals surface area contributed by atoms with Gasteiger partial charge < -0.3 is 19.1 Å². The molecule has 2 aliphatic rings. The Balaban J connectivity index is 1.37. The van der Waals surface area contributed by atoms with Crippen molar-refractivity contribution in [3.8, 4) is 5.75 Å². The standard InChI is InChI=1S/C22H25NO4/c1-2-22(24)27-19-9-5-17(6-10-19)11-16-3-7-18(8-4-16)23(12-20-14-25-20)13-21-15-26-21/h3-10,20-21H,2,11-15H2,1H3. The van der Waals surface area contributed by atoms with E-state index < -0.39 is 0 Å². The maximum Gasteiger partial charge on any atom is 0.310 e. The van der Waals surface area contributed by atoms with Crippen LogP contribution in [-0.4, -0.2) is 44.5 Å². The summed E-state index contributed by atoms with van der Waals surface area (Å²) in [6, 6.07) is 16.4. The topological polar surface area (TPSA) is 54.6 Å². The van der Waals surface area contributed by atoms with Crippen LogP contribution < -0.4 is 9.64 Å². The van der Waals surface area contributed by atoms with Gasteiger partial charge in [-0.3, -0.25) is 4.79 Å². The molecule has 2 fully saturated rings. The lowest BCUT2D eigenvalue weighted by molar-refractivity contribution is -0.134. The number of carbonyl (C=O) groups excluding carboxylic acids is 1. The molecule has 27 heavy (non-hydrogen) atoms. The van der Waals surface area contributed by atoms with Gasteiger partial charge in [0.1, 0.15) is 5.75 Å². The quantitative estimate of drug-likeness (QED) is 0.387. The highest BCUT2D eigenvalue weighted by atomic mass is 16.6. The Morgan fingerprint density at radius 2 is 1.48 bits per heavy atom. The second-order valence-electron chi connectivity index (χ2n) is 7.13. The van der Waals surface area contributed by atoms with E-state index in [2.05, 4.69) is 29.2 Å². The summed E-state index contributed by atoms with van der Waals surface area (Å²) < 4.78 is 16.0. The number of benzene rings is 2. The van der Waals surface area contributed by atoms with Gasteiger partial charge in [-0.2, -0.15) is 0 Å². The molecule has 0 aliphatic carbocycles. The molecule has 0 aromatic heterocycles. The molecule has 0 amide bonds. The number of epoxide rings is 2. The Hall–Kier alpha value is -2.37. The number of rotatable bonds is 9. The molecule has 5 heteroatoms. The fourth-order valence-electron chi connectivity index (χ4n) is 3.06. The first-order chi connectivity index (χ1) is 13.2. The summed E-state index contributed by atoms with van der Waals surface area (Å²) in [6.45, 7) is 5.37. The number of nitrogens with zero attached hydrogens (tertiary/aromatic N) is 1. The lowest BCUT2D eigenvalue weighted by Gasteiger charge is -2.23. The first-order valence-electron chi connectivity index (χ1n) is 9.56. The van der Waals surface area contributed by atoms with E-state index in [1.54, 1.807) is 6.92 Å². The zero-order chi connectivity index (χ0) is 18.6. The number of esters is 1. The van der Waals surface area contributed by atoms with E-state index in [9.17, 15) is 4.79 Å². The summed E-state index contributed by atoms with van der Waals surface area (Å²) in [6.07, 6.45) is 1.96. The molecule has 2 aromatic carbocycles. The van der Waals surface area contributed by atoms with Crippen LogP contribution in [0.3, 0.4) is 0 Å². The minimum atomic E-state index is -0.212. The molecule has 2 unspecified atom stereocenters. The molecule has 4 rings (SSSR count). The van der Waals surface area contributed by atoms with Gasteiger partial charge in [0.15, 0.2) is 0 Å². The maximum absolute atomic E-state index is 11.3. The van der Waals surface area contributed by atoms with Crippen molar-refractivity contribution < 1.29 is 19.0 Å². The van der Waals surface area contributed by atoms with Crippen LogP contribution in [0.25, 0.3) is 0 Å². The lowest BCUT2D eigenvalue weighted by atomic mass is 10.0. The van der Waals surface area contributed by atoms with E-state index in [0.29, 0.717) is 24.4 Å². The molecule has 2 heterocycles. The molecular formula is C22H25NO4. The first kappa shape index (κ1) is 18.0. The van der Waals surface area contributed by atoms with E-state index in [0.717, 1.165) is 32.7 Å². The third-order valence-electron chi connectivity index (χ3n) is 4.81. The van der Waals surface area contributed by atoms with Crippen LogP contribution in [0.1, 0.15) is 24.5 Å². The minimum absolute atomic E-state index is 0.212. The van der Waals surface area contributed by atoms with Gasteiger partial charge in [0.05, 0.1) is 25.4 Å². The molecule has 142 valence electrons. The Morgan fingerprint density at radius 1 is 0.963 bits per heavy atom. The van der Waals surface area contributed by atoms with Gasteiger partial charge in [0, 0.05) is 25.2 Å². The van der Waals surface area contributed by atoms with Crippen LogP contribution >= 0.6 is 0 Å². The molecular weight excluding hydrogens is 342 g/mol. The SMILES string of the molecule is CCC(=O)Oc1ccc(Cc2ccc(N(CC3CO3)CC3CO3)cc2)cc1. The van der Waals surface area contributed by atoms with Gasteiger partial charge in [-0.15, -0.1) is 0 Å². The predicted molar refractivity (Wildman–Crippen MR) is 103 cm³/mol. The summed E-state index contributed by atoms with van der Waals surface area (Å²) in [5, 5.41) is 0. The monoisotopic (exact) mass is 367 g/mol. The van der Waals surface area contributed by atoms with Crippen LogP contribution in [-0.2, 0) is 20.7 Å². The zero-order valence-corrected chi connectivity index (χ0v) is 15.6. The van der Waals surface area contributed by atoms with E-state index in [-0.39, 0.29) is 5.97 Å². The fourth-order valence-corrected chi connectivity index (χ4v) is 3.06. The van der Waals surface area contributed by atoms with Crippen molar-refractivity contribution in [3.63, 3.8) is 0 Å². The van der Waals surface area contributed by atoms with Gasteiger partial charge in [0.2, 0.25) is 0 Å². The summed E-state index contributed by atoms with van der Waals surface area (Å²) in [7, 11) is 0. The van der Waals surface area contributed by atoms with Crippen LogP contribution in [0, 0.1) is 0 Å². The van der Waals surface area contributed by atoms with Crippen molar-refractivity contribution in [2.75, 3.05) is 31.2 Å². The zero-order valence-electron chi connectivity index (χ0n) is 15.6. The molecule has 2 aromatic rings. The van der Waals surface area contributed by atoms with E-state index in [1.807, 2.05) is 24.3 Å². The highest BCUT2D eigenvalue weighted by Crippen LogP contribution is 2.24. The molecule has 2 atom stereocenters. The van der Waals surface area contributed by atoms with Crippen LogP contribution in [0.2, 0.25) is 0 Å². The van der Waals surface area contributed by atoms with Gasteiger partial charge in [0.25, 0.3) is 0 Å². The molecule has 0 saturated carbocycles. The maximum atomic E-state index is 11.3. The lowest BCUT2D eigenvalue weighted by Crippen LogP contribution is -2.31. The normalized spacial score (nSPS) is 20.2. The minimum Gasteiger partial charge on any atom is -0.427 e. The molecule has 2 aliphatic heterocycles. The fraction of sp³-hybridized carbons (Fsp3) is 0.409. The van der Waals surface area contributed by atoms with E-state index in [1.165, 1.54) is 16.8 Å². The van der Waals surface area contributed by atoms with Crippen molar-refractivity contribution in [3.05, 3.63) is 59.7 Å². The van der Waals surface area contributed by atoms with Crippen molar-refractivity contribution in [2.45, 2.75) is 32.0 Å². The predicted octanol–water partition coefficient (Wildman–Crippen LogP) is 3.20. The average Bonchev–Trinajstić information content (AvgIpc) is 3.60. The summed E-state index contributed by atoms with van der Waals surface area (Å²) >= 11 is 0. The van der Waals surface area contributed by atoms with Crippen LogP contribution in [0.15, 0.2) is 48.5 Å². The number of hydrogen-bond acceptors (Lipinski definition) is 5. The van der Waals surface area contributed by atoms with Crippen molar-refractivity contribution in [1.82, 2.24) is 0 Å². The number of carbonyl (C=O) groups is 1. The Kier molecular flexibility index (Phi) is 5.41.